The summed E-state index contributed by atoms with van der Waals surface area (Å²) in [6.07, 6.45) is 1.86. The van der Waals surface area contributed by atoms with Gasteiger partial charge in [0, 0.05) is 23.5 Å². The first-order chi connectivity index (χ1) is 16.9. The van der Waals surface area contributed by atoms with E-state index >= 15 is 0 Å². The summed E-state index contributed by atoms with van der Waals surface area (Å²) in [6.45, 7) is 3.71. The average molecular weight is 470 g/mol. The molecular formula is C25H23N7O3. The number of hydrogen-bond donors (Lipinski definition) is 2. The Morgan fingerprint density at radius 2 is 1.89 bits per heavy atom. The number of ether oxygens (including phenoxy) is 1. The lowest BCUT2D eigenvalue weighted by Gasteiger charge is -2.24. The number of carbonyl (C=O) groups is 2. The maximum absolute atomic E-state index is 12.7. The van der Waals surface area contributed by atoms with E-state index in [1.54, 1.807) is 18.3 Å². The molecule has 0 saturated heterocycles. The van der Waals surface area contributed by atoms with Crippen LogP contribution in [0.2, 0.25) is 0 Å². The second kappa shape index (κ2) is 8.98. The van der Waals surface area contributed by atoms with Crippen molar-refractivity contribution in [1.82, 2.24) is 25.0 Å². The molecule has 0 fully saturated rings. The number of aromatic nitrogens is 5. The molecular weight excluding hydrogens is 446 g/mol. The Hall–Kier alpha value is -4.60. The molecule has 0 aliphatic carbocycles. The SMILES string of the molecule is Cc1ccc(-c2cnnc(-n3nc(C)c4c3NC(=O)C[C@@H]4c3ccc(OCC(N)=O)cc3)n2)cc1. The molecule has 0 saturated carbocycles. The maximum atomic E-state index is 12.7. The van der Waals surface area contributed by atoms with Gasteiger partial charge in [-0.1, -0.05) is 42.0 Å². The number of benzene rings is 2. The molecule has 1 aliphatic rings. The lowest BCUT2D eigenvalue weighted by Crippen LogP contribution is -2.25. The second-order valence-electron chi connectivity index (χ2n) is 8.40. The largest absolute Gasteiger partial charge is 0.484 e. The minimum atomic E-state index is -0.547. The van der Waals surface area contributed by atoms with E-state index < -0.39 is 5.91 Å². The Labute approximate surface area is 201 Å². The summed E-state index contributed by atoms with van der Waals surface area (Å²) in [5.74, 6) is 0.414. The van der Waals surface area contributed by atoms with E-state index in [-0.39, 0.29) is 30.8 Å². The van der Waals surface area contributed by atoms with Crippen molar-refractivity contribution in [2.24, 2.45) is 5.73 Å². The van der Waals surface area contributed by atoms with Gasteiger partial charge in [0.05, 0.1) is 17.6 Å². The Balaban J connectivity index is 1.51. The van der Waals surface area contributed by atoms with Crippen molar-refractivity contribution in [2.75, 3.05) is 11.9 Å². The van der Waals surface area contributed by atoms with Crippen molar-refractivity contribution in [3.63, 3.8) is 0 Å². The lowest BCUT2D eigenvalue weighted by molar-refractivity contribution is -0.120. The number of nitrogens with zero attached hydrogens (tertiary/aromatic N) is 5. The first-order valence-corrected chi connectivity index (χ1v) is 11.1. The molecule has 2 aromatic carbocycles. The Kier molecular flexibility index (Phi) is 5.69. The van der Waals surface area contributed by atoms with Gasteiger partial charge in [0.2, 0.25) is 5.91 Å². The molecule has 10 nitrogen and oxygen atoms in total. The van der Waals surface area contributed by atoms with Gasteiger partial charge in [-0.25, -0.2) is 4.98 Å². The van der Waals surface area contributed by atoms with Gasteiger partial charge in [0.15, 0.2) is 6.61 Å². The number of anilines is 1. The molecule has 10 heteroatoms. The monoisotopic (exact) mass is 469 g/mol. The highest BCUT2D eigenvalue weighted by Crippen LogP contribution is 2.40. The van der Waals surface area contributed by atoms with Crippen LogP contribution >= 0.6 is 0 Å². The minimum absolute atomic E-state index is 0.139. The molecule has 4 aromatic rings. The molecule has 176 valence electrons. The molecule has 5 rings (SSSR count). The third-order valence-corrected chi connectivity index (χ3v) is 5.85. The van der Waals surface area contributed by atoms with E-state index in [4.69, 9.17) is 10.5 Å². The predicted octanol–water partition coefficient (Wildman–Crippen LogP) is 2.68. The molecule has 3 heterocycles. The van der Waals surface area contributed by atoms with Crippen LogP contribution in [-0.4, -0.2) is 43.4 Å². The molecule has 2 amide bonds. The van der Waals surface area contributed by atoms with Crippen molar-refractivity contribution >= 4 is 17.6 Å². The summed E-state index contributed by atoms with van der Waals surface area (Å²) in [7, 11) is 0. The van der Waals surface area contributed by atoms with Crippen molar-refractivity contribution in [3.8, 4) is 23.0 Å². The number of rotatable bonds is 6. The Morgan fingerprint density at radius 1 is 1.14 bits per heavy atom. The lowest BCUT2D eigenvalue weighted by atomic mass is 9.86. The molecule has 1 atom stereocenters. The standard InChI is InChI=1S/C25H23N7O3/c1-14-3-5-17(6-4-14)20-12-27-30-25(28-20)32-24-23(15(2)31-32)19(11-22(34)29-24)16-7-9-18(10-8-16)35-13-21(26)33/h3-10,12,19H,11,13H2,1-2H3,(H2,26,33)(H,29,34)/t19-/m1/s1. The maximum Gasteiger partial charge on any atom is 0.272 e. The van der Waals surface area contributed by atoms with Crippen LogP contribution in [0.4, 0.5) is 5.82 Å². The van der Waals surface area contributed by atoms with Gasteiger partial charge in [-0.2, -0.15) is 14.9 Å². The number of nitrogens with two attached hydrogens (primary N) is 1. The number of primary amides is 1. The number of aryl methyl sites for hydroxylation is 2. The van der Waals surface area contributed by atoms with Crippen molar-refractivity contribution < 1.29 is 14.3 Å². The molecule has 0 unspecified atom stereocenters. The summed E-state index contributed by atoms with van der Waals surface area (Å²) < 4.78 is 6.88. The smallest absolute Gasteiger partial charge is 0.272 e. The highest BCUT2D eigenvalue weighted by atomic mass is 16.5. The van der Waals surface area contributed by atoms with Crippen LogP contribution in [-0.2, 0) is 9.59 Å². The second-order valence-corrected chi connectivity index (χ2v) is 8.40. The topological polar surface area (TPSA) is 138 Å². The number of amides is 2. The molecule has 3 N–H and O–H groups in total. The van der Waals surface area contributed by atoms with E-state index in [0.29, 0.717) is 17.3 Å². The van der Waals surface area contributed by atoms with Crippen LogP contribution in [0.1, 0.15) is 34.7 Å². The van der Waals surface area contributed by atoms with E-state index in [1.807, 2.05) is 50.2 Å². The number of hydrogen-bond acceptors (Lipinski definition) is 7. The Bertz CT molecular complexity index is 1410. The molecule has 1 aliphatic heterocycles. The first kappa shape index (κ1) is 22.2. The fraction of sp³-hybridized carbons (Fsp3) is 0.200. The molecule has 0 bridgehead atoms. The van der Waals surface area contributed by atoms with Gasteiger partial charge in [0.25, 0.3) is 11.9 Å². The first-order valence-electron chi connectivity index (χ1n) is 11.1. The van der Waals surface area contributed by atoms with E-state index in [2.05, 4.69) is 25.6 Å². The van der Waals surface area contributed by atoms with Gasteiger partial charge >= 0.3 is 0 Å². The number of fused-ring (bicyclic) bond motifs is 1. The van der Waals surface area contributed by atoms with Crippen molar-refractivity contribution in [3.05, 3.63) is 77.1 Å². The van der Waals surface area contributed by atoms with E-state index in [9.17, 15) is 9.59 Å². The molecule has 0 radical (unpaired) electrons. The van der Waals surface area contributed by atoms with Crippen LogP contribution in [0.25, 0.3) is 17.2 Å². The zero-order valence-corrected chi connectivity index (χ0v) is 19.2. The predicted molar refractivity (Wildman–Crippen MR) is 128 cm³/mol. The van der Waals surface area contributed by atoms with Crippen LogP contribution in [0.5, 0.6) is 5.75 Å². The third kappa shape index (κ3) is 4.45. The zero-order chi connectivity index (χ0) is 24.5. The van der Waals surface area contributed by atoms with Crippen molar-refractivity contribution in [2.45, 2.75) is 26.2 Å². The van der Waals surface area contributed by atoms with Gasteiger partial charge in [-0.05, 0) is 31.5 Å². The summed E-state index contributed by atoms with van der Waals surface area (Å²) in [5.41, 5.74) is 10.4. The van der Waals surface area contributed by atoms with E-state index in [0.717, 1.165) is 27.9 Å². The number of carbonyl (C=O) groups excluding carboxylic acids is 2. The van der Waals surface area contributed by atoms with E-state index in [1.165, 1.54) is 4.68 Å². The summed E-state index contributed by atoms with van der Waals surface area (Å²) in [5, 5.41) is 15.9. The molecule has 35 heavy (non-hydrogen) atoms. The minimum Gasteiger partial charge on any atom is -0.484 e. The zero-order valence-electron chi connectivity index (χ0n) is 19.2. The summed E-state index contributed by atoms with van der Waals surface area (Å²) in [6, 6.07) is 15.2. The van der Waals surface area contributed by atoms with Crippen LogP contribution in [0.3, 0.4) is 0 Å². The van der Waals surface area contributed by atoms with Crippen molar-refractivity contribution in [1.29, 1.82) is 0 Å². The highest BCUT2D eigenvalue weighted by Gasteiger charge is 2.33. The Morgan fingerprint density at radius 3 is 2.60 bits per heavy atom. The van der Waals surface area contributed by atoms with Crippen LogP contribution in [0.15, 0.2) is 54.7 Å². The summed E-state index contributed by atoms with van der Waals surface area (Å²) in [4.78, 5) is 28.3. The van der Waals surface area contributed by atoms with Gasteiger partial charge < -0.3 is 15.8 Å². The normalized spacial score (nSPS) is 14.8. The highest BCUT2D eigenvalue weighted by molar-refractivity contribution is 5.95. The van der Waals surface area contributed by atoms with Crippen LogP contribution < -0.4 is 15.8 Å². The average Bonchev–Trinajstić information content (AvgIpc) is 3.19. The van der Waals surface area contributed by atoms with Gasteiger partial charge in [-0.3, -0.25) is 9.59 Å². The fourth-order valence-electron chi connectivity index (χ4n) is 4.17. The molecule has 2 aromatic heterocycles. The summed E-state index contributed by atoms with van der Waals surface area (Å²) >= 11 is 0. The number of nitrogens with one attached hydrogen (secondary N) is 1. The quantitative estimate of drug-likeness (QED) is 0.443. The van der Waals surface area contributed by atoms with Crippen LogP contribution in [0, 0.1) is 13.8 Å². The van der Waals surface area contributed by atoms with Gasteiger partial charge in [0.1, 0.15) is 11.6 Å². The van der Waals surface area contributed by atoms with Gasteiger partial charge in [-0.15, -0.1) is 5.10 Å². The fourth-order valence-corrected chi connectivity index (χ4v) is 4.17. The molecule has 0 spiro atoms. The third-order valence-electron chi connectivity index (χ3n) is 5.85.